The van der Waals surface area contributed by atoms with Crippen LogP contribution in [0.3, 0.4) is 0 Å². The summed E-state index contributed by atoms with van der Waals surface area (Å²) in [5, 5.41) is 91.5. The third-order valence-electron chi connectivity index (χ3n) is 6.33. The second-order valence-electron chi connectivity index (χ2n) is 8.24. The number of phenolic OH excluding ortho intramolecular Hbond substituents is 3. The number of carboxylic acids is 1. The Bertz CT molecular complexity index is 1300. The topological polar surface area (TPSA) is 243 Å². The molecule has 2 aliphatic rings. The number of aliphatic hydroxyl groups excluding tert-OH is 4. The number of fused-ring (bicyclic) bond motifs is 2. The number of rotatable bonds is 3. The molecule has 5 atom stereocenters. The highest BCUT2D eigenvalue weighted by molar-refractivity contribution is 6.31. The van der Waals surface area contributed by atoms with Gasteiger partial charge in [-0.2, -0.15) is 0 Å². The number of carbonyl (C=O) groups excluding carboxylic acids is 2. The molecule has 1 heterocycles. The van der Waals surface area contributed by atoms with Crippen LogP contribution in [0.15, 0.2) is 6.07 Å². The lowest BCUT2D eigenvalue weighted by molar-refractivity contribution is -0.232. The Hall–Kier alpha value is -3.75. The average molecular weight is 492 g/mol. The quantitative estimate of drug-likeness (QED) is 0.154. The number of aromatic carboxylic acids is 1. The van der Waals surface area contributed by atoms with Crippen molar-refractivity contribution in [2.24, 2.45) is 0 Å². The third kappa shape index (κ3) is 3.25. The second-order valence-corrected chi connectivity index (χ2v) is 8.24. The van der Waals surface area contributed by atoms with E-state index in [1.54, 1.807) is 0 Å². The largest absolute Gasteiger partial charge is 0.507 e. The van der Waals surface area contributed by atoms with Crippen molar-refractivity contribution in [3.8, 4) is 23.0 Å². The van der Waals surface area contributed by atoms with Crippen LogP contribution in [-0.2, 0) is 4.74 Å². The highest BCUT2D eigenvalue weighted by Gasteiger charge is 2.48. The number of carboxylic acid groups (broad SMARTS) is 1. The van der Waals surface area contributed by atoms with Crippen LogP contribution in [0, 0.1) is 6.92 Å². The van der Waals surface area contributed by atoms with E-state index in [0.29, 0.717) is 6.07 Å². The molecule has 13 nitrogen and oxygen atoms in total. The minimum absolute atomic E-state index is 0.308. The van der Waals surface area contributed by atoms with Gasteiger partial charge in [-0.05, 0) is 18.6 Å². The summed E-state index contributed by atoms with van der Waals surface area (Å²) in [6.45, 7) is 0.291. The number of aliphatic hydroxyl groups is 4. The Morgan fingerprint density at radius 2 is 1.49 bits per heavy atom. The summed E-state index contributed by atoms with van der Waals surface area (Å²) in [7, 11) is 0. The molecule has 1 saturated heterocycles. The van der Waals surface area contributed by atoms with Crippen molar-refractivity contribution in [2.75, 3.05) is 6.61 Å². The summed E-state index contributed by atoms with van der Waals surface area (Å²) in [5.41, 5.74) is -4.49. The molecule has 2 aromatic rings. The van der Waals surface area contributed by atoms with Crippen LogP contribution >= 0.6 is 0 Å². The summed E-state index contributed by atoms with van der Waals surface area (Å²) in [5.74, 6) is -8.24. The Labute approximate surface area is 195 Å². The van der Waals surface area contributed by atoms with Crippen molar-refractivity contribution in [3.63, 3.8) is 0 Å². The molecule has 0 aromatic heterocycles. The number of carbonyl (C=O) groups is 3. The maximum absolute atomic E-state index is 13.4. The van der Waals surface area contributed by atoms with Crippen LogP contribution in [-0.4, -0.2) is 94.5 Å². The second kappa shape index (κ2) is 8.18. The molecule has 0 unspecified atom stereocenters. The van der Waals surface area contributed by atoms with E-state index in [2.05, 4.69) is 0 Å². The predicted molar refractivity (Wildman–Crippen MR) is 111 cm³/mol. The zero-order chi connectivity index (χ0) is 26.1. The fraction of sp³-hybridized carbons (Fsp3) is 0.318. The molecule has 1 aliphatic carbocycles. The van der Waals surface area contributed by atoms with Crippen molar-refractivity contribution < 1.29 is 65.1 Å². The Morgan fingerprint density at radius 1 is 0.886 bits per heavy atom. The first kappa shape index (κ1) is 24.4. The normalized spacial score (nSPS) is 25.8. The van der Waals surface area contributed by atoms with Gasteiger partial charge in [0.05, 0.1) is 23.3 Å². The van der Waals surface area contributed by atoms with E-state index in [1.165, 1.54) is 0 Å². The smallest absolute Gasteiger partial charge is 0.339 e. The number of ketones is 2. The van der Waals surface area contributed by atoms with Crippen molar-refractivity contribution in [2.45, 2.75) is 37.4 Å². The van der Waals surface area contributed by atoms with Gasteiger partial charge in [0.2, 0.25) is 0 Å². The number of phenols is 4. The molecule has 2 aromatic carbocycles. The summed E-state index contributed by atoms with van der Waals surface area (Å²) in [4.78, 5) is 38.1. The van der Waals surface area contributed by atoms with Gasteiger partial charge in [0, 0.05) is 11.1 Å². The third-order valence-corrected chi connectivity index (χ3v) is 6.33. The van der Waals surface area contributed by atoms with E-state index in [-0.39, 0.29) is 5.56 Å². The molecule has 0 amide bonds. The fourth-order valence-electron chi connectivity index (χ4n) is 4.58. The molecule has 4 rings (SSSR count). The number of hydrogen-bond donors (Lipinski definition) is 9. The molecule has 0 spiro atoms. The minimum Gasteiger partial charge on any atom is -0.507 e. The Morgan fingerprint density at radius 3 is 2.06 bits per heavy atom. The molecular formula is C22H20O13. The van der Waals surface area contributed by atoms with Crippen LogP contribution in [0.25, 0.3) is 0 Å². The Balaban J connectivity index is 1.99. The molecule has 186 valence electrons. The van der Waals surface area contributed by atoms with Crippen molar-refractivity contribution in [3.05, 3.63) is 45.0 Å². The van der Waals surface area contributed by atoms with Crippen LogP contribution in [0.5, 0.6) is 23.0 Å². The van der Waals surface area contributed by atoms with Gasteiger partial charge >= 0.3 is 5.97 Å². The molecule has 35 heavy (non-hydrogen) atoms. The number of hydrogen-bond acceptors (Lipinski definition) is 12. The average Bonchev–Trinajstić information content (AvgIpc) is 2.79. The molecular weight excluding hydrogens is 472 g/mol. The van der Waals surface area contributed by atoms with E-state index in [0.717, 1.165) is 6.92 Å². The molecule has 13 heteroatoms. The molecule has 9 N–H and O–H groups in total. The van der Waals surface area contributed by atoms with Crippen LogP contribution in [0.1, 0.15) is 59.4 Å². The molecule has 0 radical (unpaired) electrons. The first-order valence-corrected chi connectivity index (χ1v) is 10.2. The molecule has 1 fully saturated rings. The predicted octanol–water partition coefficient (Wildman–Crippen LogP) is -1.19. The zero-order valence-corrected chi connectivity index (χ0v) is 17.8. The summed E-state index contributed by atoms with van der Waals surface area (Å²) in [6.07, 6.45) is -9.12. The Kier molecular flexibility index (Phi) is 5.70. The van der Waals surface area contributed by atoms with Gasteiger partial charge in [-0.1, -0.05) is 0 Å². The minimum atomic E-state index is -2.03. The van der Waals surface area contributed by atoms with Gasteiger partial charge < -0.3 is 50.7 Å². The number of aromatic hydroxyl groups is 4. The van der Waals surface area contributed by atoms with E-state index in [4.69, 9.17) is 4.74 Å². The van der Waals surface area contributed by atoms with Crippen LogP contribution in [0.4, 0.5) is 0 Å². The van der Waals surface area contributed by atoms with E-state index >= 15 is 0 Å². The van der Waals surface area contributed by atoms with E-state index in [9.17, 15) is 60.3 Å². The highest BCUT2D eigenvalue weighted by Crippen LogP contribution is 2.52. The molecule has 0 bridgehead atoms. The van der Waals surface area contributed by atoms with Gasteiger partial charge in [0.1, 0.15) is 47.6 Å². The maximum atomic E-state index is 13.4. The molecule has 1 aliphatic heterocycles. The van der Waals surface area contributed by atoms with Crippen LogP contribution < -0.4 is 0 Å². The maximum Gasteiger partial charge on any atom is 0.339 e. The van der Waals surface area contributed by atoms with Crippen molar-refractivity contribution in [1.82, 2.24) is 0 Å². The van der Waals surface area contributed by atoms with Gasteiger partial charge in [-0.25, -0.2) is 4.79 Å². The molecule has 0 saturated carbocycles. The summed E-state index contributed by atoms with van der Waals surface area (Å²) < 4.78 is 5.30. The first-order valence-electron chi connectivity index (χ1n) is 10.2. The summed E-state index contributed by atoms with van der Waals surface area (Å²) in [6, 6.07) is 0.716. The lowest BCUT2D eigenvalue weighted by atomic mass is 9.77. The SMILES string of the molecule is Cc1c(C(=O)O)c(O)cc2c1C(=O)c1c(O)c([C@H]3O[C@H](CO)[C@@H](O)[C@@H](O)[C@H]3O)c(O)c(O)c1C2=O. The number of benzene rings is 2. The van der Waals surface area contributed by atoms with Crippen LogP contribution in [0.2, 0.25) is 0 Å². The first-order chi connectivity index (χ1) is 16.3. The summed E-state index contributed by atoms with van der Waals surface area (Å²) >= 11 is 0. The van der Waals surface area contributed by atoms with Crippen molar-refractivity contribution >= 4 is 17.5 Å². The standard InChI is InChI=1S/C22H20O13/c1-4-8-5(2-6(24)9(4)22(33)34)13(25)10-11(15(8)27)16(28)12(18(30)17(10)29)21-20(32)19(31)14(26)7(3-23)35-21/h2,7,14,19-21,23-24,26,28-32H,3H2,1H3,(H,33,34)/t7-,14-,19-,20-,21-/m1/s1. The monoisotopic (exact) mass is 492 g/mol. The number of ether oxygens (including phenoxy) is 1. The highest BCUT2D eigenvalue weighted by atomic mass is 16.5. The van der Waals surface area contributed by atoms with Gasteiger partial charge in [-0.15, -0.1) is 0 Å². The lowest BCUT2D eigenvalue weighted by Gasteiger charge is -2.40. The fourth-order valence-corrected chi connectivity index (χ4v) is 4.58. The van der Waals surface area contributed by atoms with E-state index < -0.39 is 111 Å². The van der Waals surface area contributed by atoms with Crippen molar-refractivity contribution in [1.29, 1.82) is 0 Å². The van der Waals surface area contributed by atoms with Gasteiger partial charge in [-0.3, -0.25) is 9.59 Å². The zero-order valence-electron chi connectivity index (χ0n) is 17.8. The van der Waals surface area contributed by atoms with E-state index in [1.807, 2.05) is 0 Å². The van der Waals surface area contributed by atoms with Gasteiger partial charge in [0.25, 0.3) is 0 Å². The lowest BCUT2D eigenvalue weighted by Crippen LogP contribution is -2.55. The van der Waals surface area contributed by atoms with Gasteiger partial charge in [0.15, 0.2) is 23.1 Å².